The van der Waals surface area contributed by atoms with Crippen LogP contribution in [0.15, 0.2) is 29.9 Å². The van der Waals surface area contributed by atoms with Gasteiger partial charge in [0, 0.05) is 32.9 Å². The zero-order valence-electron chi connectivity index (χ0n) is 14.5. The molecule has 134 valence electrons. The van der Waals surface area contributed by atoms with Crippen LogP contribution in [0.5, 0.6) is 0 Å². The van der Waals surface area contributed by atoms with E-state index in [0.717, 1.165) is 37.1 Å². The van der Waals surface area contributed by atoms with Gasteiger partial charge in [0.1, 0.15) is 0 Å². The molecule has 0 spiro atoms. The second kappa shape index (κ2) is 8.29. The number of aromatic nitrogens is 2. The first-order valence-electron chi connectivity index (χ1n) is 8.71. The minimum Gasteiger partial charge on any atom is -0.356 e. The van der Waals surface area contributed by atoms with E-state index in [1.807, 2.05) is 41.9 Å². The fourth-order valence-corrected chi connectivity index (χ4v) is 3.87. The van der Waals surface area contributed by atoms with Crippen molar-refractivity contribution in [2.45, 2.75) is 25.7 Å². The SMILES string of the molecule is Cn1cc(CCCNC(=O)C2CCCN(C(=O)c3cccs3)C2)cn1. The zero-order valence-corrected chi connectivity index (χ0v) is 15.3. The Morgan fingerprint density at radius 3 is 3.04 bits per heavy atom. The molecule has 0 aromatic carbocycles. The summed E-state index contributed by atoms with van der Waals surface area (Å²) in [6.45, 7) is 1.91. The molecule has 2 aromatic rings. The molecule has 0 aliphatic carbocycles. The lowest BCUT2D eigenvalue weighted by atomic mass is 9.97. The average molecular weight is 360 g/mol. The molecule has 6 nitrogen and oxygen atoms in total. The molecule has 2 aromatic heterocycles. The summed E-state index contributed by atoms with van der Waals surface area (Å²) in [5, 5.41) is 9.07. The molecule has 1 aliphatic heterocycles. The second-order valence-corrected chi connectivity index (χ2v) is 7.43. The van der Waals surface area contributed by atoms with Gasteiger partial charge in [-0.05, 0) is 42.7 Å². The molecule has 1 aliphatic rings. The van der Waals surface area contributed by atoms with Gasteiger partial charge >= 0.3 is 0 Å². The maximum absolute atomic E-state index is 12.4. The Bertz CT molecular complexity index is 710. The Kier molecular flexibility index (Phi) is 5.86. The van der Waals surface area contributed by atoms with Gasteiger partial charge in [0.05, 0.1) is 17.0 Å². The average Bonchev–Trinajstić information content (AvgIpc) is 3.30. The van der Waals surface area contributed by atoms with Crippen LogP contribution in [-0.2, 0) is 18.3 Å². The number of amides is 2. The molecule has 0 saturated carbocycles. The Labute approximate surface area is 151 Å². The monoisotopic (exact) mass is 360 g/mol. The fourth-order valence-electron chi connectivity index (χ4n) is 3.18. The van der Waals surface area contributed by atoms with Crippen LogP contribution in [0, 0.1) is 5.92 Å². The summed E-state index contributed by atoms with van der Waals surface area (Å²) in [5.41, 5.74) is 1.18. The predicted molar refractivity (Wildman–Crippen MR) is 97.5 cm³/mol. The van der Waals surface area contributed by atoms with Gasteiger partial charge in [-0.15, -0.1) is 11.3 Å². The Morgan fingerprint density at radius 1 is 1.44 bits per heavy atom. The van der Waals surface area contributed by atoms with E-state index in [-0.39, 0.29) is 17.7 Å². The van der Waals surface area contributed by atoms with Crippen molar-refractivity contribution in [2.75, 3.05) is 19.6 Å². The van der Waals surface area contributed by atoms with Gasteiger partial charge in [0.2, 0.25) is 5.91 Å². The molecule has 3 rings (SSSR count). The van der Waals surface area contributed by atoms with E-state index in [4.69, 9.17) is 0 Å². The van der Waals surface area contributed by atoms with Gasteiger partial charge in [-0.25, -0.2) is 0 Å². The fraction of sp³-hybridized carbons (Fsp3) is 0.500. The van der Waals surface area contributed by atoms with Gasteiger partial charge in [-0.3, -0.25) is 14.3 Å². The van der Waals surface area contributed by atoms with Crippen molar-refractivity contribution in [3.8, 4) is 0 Å². The predicted octanol–water partition coefficient (Wildman–Crippen LogP) is 2.08. The Balaban J connectivity index is 1.43. The number of likely N-dealkylation sites (tertiary alicyclic amines) is 1. The number of aryl methyl sites for hydroxylation is 2. The lowest BCUT2D eigenvalue weighted by molar-refractivity contribution is -0.126. The standard InChI is InChI=1S/C18H24N4O2S/c1-21-12-14(11-20-21)5-2-8-19-17(23)15-6-3-9-22(13-15)18(24)16-7-4-10-25-16/h4,7,10-12,15H,2-3,5-6,8-9,13H2,1H3,(H,19,23). The summed E-state index contributed by atoms with van der Waals surface area (Å²) in [6, 6.07) is 3.73. The molecule has 2 amide bonds. The van der Waals surface area contributed by atoms with Crippen molar-refractivity contribution in [2.24, 2.45) is 13.0 Å². The highest BCUT2D eigenvalue weighted by Crippen LogP contribution is 2.20. The number of rotatable bonds is 6. The van der Waals surface area contributed by atoms with Crippen LogP contribution < -0.4 is 5.32 Å². The van der Waals surface area contributed by atoms with Crippen LogP contribution in [-0.4, -0.2) is 46.1 Å². The maximum Gasteiger partial charge on any atom is 0.263 e. The van der Waals surface area contributed by atoms with Gasteiger partial charge in [-0.2, -0.15) is 5.10 Å². The normalized spacial score (nSPS) is 17.5. The lowest BCUT2D eigenvalue weighted by Crippen LogP contribution is -2.45. The zero-order chi connectivity index (χ0) is 17.6. The minimum atomic E-state index is -0.101. The molecular formula is C18H24N4O2S. The second-order valence-electron chi connectivity index (χ2n) is 6.48. The molecule has 0 radical (unpaired) electrons. The molecule has 0 bridgehead atoms. The van der Waals surface area contributed by atoms with E-state index in [1.54, 1.807) is 4.68 Å². The minimum absolute atomic E-state index is 0.0454. The number of carbonyl (C=O) groups excluding carboxylic acids is 2. The van der Waals surface area contributed by atoms with Crippen molar-refractivity contribution < 1.29 is 9.59 Å². The molecule has 3 heterocycles. The summed E-state index contributed by atoms with van der Waals surface area (Å²) in [4.78, 5) is 27.4. The number of nitrogens with zero attached hydrogens (tertiary/aromatic N) is 3. The van der Waals surface area contributed by atoms with E-state index in [1.165, 1.54) is 16.9 Å². The van der Waals surface area contributed by atoms with Crippen molar-refractivity contribution >= 4 is 23.2 Å². The van der Waals surface area contributed by atoms with E-state index in [2.05, 4.69) is 10.4 Å². The topological polar surface area (TPSA) is 67.2 Å². The number of piperidine rings is 1. The van der Waals surface area contributed by atoms with Crippen molar-refractivity contribution in [1.82, 2.24) is 20.0 Å². The highest BCUT2D eigenvalue weighted by Gasteiger charge is 2.28. The van der Waals surface area contributed by atoms with Crippen molar-refractivity contribution in [1.29, 1.82) is 0 Å². The van der Waals surface area contributed by atoms with Gasteiger partial charge in [0.15, 0.2) is 0 Å². The summed E-state index contributed by atoms with van der Waals surface area (Å²) >= 11 is 1.45. The Morgan fingerprint density at radius 2 is 2.32 bits per heavy atom. The molecule has 7 heteroatoms. The number of hydrogen-bond donors (Lipinski definition) is 1. The van der Waals surface area contributed by atoms with Crippen molar-refractivity contribution in [3.05, 3.63) is 40.3 Å². The smallest absolute Gasteiger partial charge is 0.263 e. The number of hydrogen-bond acceptors (Lipinski definition) is 4. The number of carbonyl (C=O) groups is 2. The van der Waals surface area contributed by atoms with E-state index in [0.29, 0.717) is 13.1 Å². The first kappa shape index (κ1) is 17.7. The third-order valence-corrected chi connectivity index (χ3v) is 5.37. The number of thiophene rings is 1. The highest BCUT2D eigenvalue weighted by molar-refractivity contribution is 7.12. The molecule has 25 heavy (non-hydrogen) atoms. The largest absolute Gasteiger partial charge is 0.356 e. The maximum atomic E-state index is 12.4. The Hall–Kier alpha value is -2.15. The molecule has 1 atom stereocenters. The molecule has 1 saturated heterocycles. The first-order chi connectivity index (χ1) is 12.1. The number of nitrogens with one attached hydrogen (secondary N) is 1. The van der Waals surface area contributed by atoms with Crippen LogP contribution in [0.25, 0.3) is 0 Å². The van der Waals surface area contributed by atoms with Crippen LogP contribution in [0.2, 0.25) is 0 Å². The molecule has 1 N–H and O–H groups in total. The van der Waals surface area contributed by atoms with Crippen LogP contribution >= 0.6 is 11.3 Å². The lowest BCUT2D eigenvalue weighted by Gasteiger charge is -2.31. The molecular weight excluding hydrogens is 336 g/mol. The summed E-state index contributed by atoms with van der Waals surface area (Å²) < 4.78 is 1.79. The first-order valence-corrected chi connectivity index (χ1v) is 9.59. The summed E-state index contributed by atoms with van der Waals surface area (Å²) in [5.74, 6) is 0.00926. The molecule has 1 fully saturated rings. The third kappa shape index (κ3) is 4.69. The van der Waals surface area contributed by atoms with Crippen LogP contribution in [0.3, 0.4) is 0 Å². The van der Waals surface area contributed by atoms with Gasteiger partial charge in [-0.1, -0.05) is 6.07 Å². The van der Waals surface area contributed by atoms with Gasteiger partial charge < -0.3 is 10.2 Å². The highest BCUT2D eigenvalue weighted by atomic mass is 32.1. The van der Waals surface area contributed by atoms with E-state index >= 15 is 0 Å². The quantitative estimate of drug-likeness (QED) is 0.802. The third-order valence-electron chi connectivity index (χ3n) is 4.51. The van der Waals surface area contributed by atoms with Crippen LogP contribution in [0.1, 0.15) is 34.5 Å². The van der Waals surface area contributed by atoms with Crippen molar-refractivity contribution in [3.63, 3.8) is 0 Å². The van der Waals surface area contributed by atoms with Gasteiger partial charge in [0.25, 0.3) is 5.91 Å². The van der Waals surface area contributed by atoms with E-state index in [9.17, 15) is 9.59 Å². The van der Waals surface area contributed by atoms with E-state index < -0.39 is 0 Å². The molecule has 1 unspecified atom stereocenters. The summed E-state index contributed by atoms with van der Waals surface area (Å²) in [7, 11) is 1.90. The van der Waals surface area contributed by atoms with Crippen LogP contribution in [0.4, 0.5) is 0 Å². The summed E-state index contributed by atoms with van der Waals surface area (Å²) in [6.07, 6.45) is 7.38.